The summed E-state index contributed by atoms with van der Waals surface area (Å²) in [7, 11) is 0. The van der Waals surface area contributed by atoms with Crippen LogP contribution in [0.25, 0.3) is 0 Å². The van der Waals surface area contributed by atoms with Gasteiger partial charge < -0.3 is 0 Å². The third kappa shape index (κ3) is 7.08. The molecule has 0 heterocycles. The first-order valence-electron chi connectivity index (χ1n) is 11.8. The topological polar surface area (TPSA) is 0 Å². The van der Waals surface area contributed by atoms with Crippen LogP contribution in [0.15, 0.2) is 48.5 Å². The minimum absolute atomic E-state index is 0.788. The molecule has 2 aromatic carbocycles. The number of unbranched alkanes of at least 4 members (excludes halogenated alkanes) is 2. The highest BCUT2D eigenvalue weighted by Gasteiger charge is 2.25. The molecule has 0 radical (unpaired) electrons. The van der Waals surface area contributed by atoms with Gasteiger partial charge in [0, 0.05) is 11.1 Å². The zero-order valence-electron chi connectivity index (χ0n) is 18.7. The largest absolute Gasteiger partial charge is 0.0654 e. The van der Waals surface area contributed by atoms with Crippen molar-refractivity contribution in [1.82, 2.24) is 0 Å². The van der Waals surface area contributed by atoms with E-state index in [2.05, 4.69) is 81.1 Å². The molecule has 0 bridgehead atoms. The maximum Gasteiger partial charge on any atom is 0.0249 e. The molecule has 0 spiro atoms. The maximum absolute atomic E-state index is 3.30. The highest BCUT2D eigenvalue weighted by molar-refractivity contribution is 5.44. The Morgan fingerprint density at radius 3 is 2.00 bits per heavy atom. The second-order valence-electron chi connectivity index (χ2n) is 9.27. The molecule has 3 rings (SSSR count). The molecule has 154 valence electrons. The Hall–Kier alpha value is -2.00. The molecule has 1 fully saturated rings. The van der Waals surface area contributed by atoms with Crippen molar-refractivity contribution in [2.45, 2.75) is 78.6 Å². The van der Waals surface area contributed by atoms with Gasteiger partial charge in [-0.3, -0.25) is 0 Å². The van der Waals surface area contributed by atoms with Gasteiger partial charge in [-0.05, 0) is 73.8 Å². The molecule has 1 saturated carbocycles. The van der Waals surface area contributed by atoms with Crippen LogP contribution in [0, 0.1) is 36.5 Å². The van der Waals surface area contributed by atoms with Crippen LogP contribution in [0.1, 0.15) is 87.5 Å². The fraction of sp³-hybridized carbons (Fsp3) is 0.517. The molecule has 0 aliphatic heterocycles. The van der Waals surface area contributed by atoms with Crippen molar-refractivity contribution >= 4 is 0 Å². The molecular formula is C29H38. The van der Waals surface area contributed by atoms with Gasteiger partial charge in [-0.1, -0.05) is 94.0 Å². The first-order valence-corrected chi connectivity index (χ1v) is 11.8. The molecule has 0 N–H and O–H groups in total. The Bertz CT molecular complexity index is 777. The summed E-state index contributed by atoms with van der Waals surface area (Å²) in [4.78, 5) is 0. The van der Waals surface area contributed by atoms with Gasteiger partial charge in [-0.2, -0.15) is 0 Å². The molecule has 0 saturated heterocycles. The Kier molecular flexibility index (Phi) is 8.42. The summed E-state index contributed by atoms with van der Waals surface area (Å²) in [5.74, 6) is 9.29. The molecule has 0 nitrogen and oxygen atoms in total. The minimum atomic E-state index is 0.788. The predicted molar refractivity (Wildman–Crippen MR) is 126 cm³/mol. The van der Waals surface area contributed by atoms with Gasteiger partial charge in [0.05, 0.1) is 0 Å². The first-order chi connectivity index (χ1) is 14.1. The molecule has 0 aromatic heterocycles. The second kappa shape index (κ2) is 11.3. The molecule has 1 aliphatic rings. The zero-order chi connectivity index (χ0) is 20.5. The highest BCUT2D eigenvalue weighted by Crippen LogP contribution is 2.36. The van der Waals surface area contributed by atoms with E-state index in [9.17, 15) is 0 Å². The Morgan fingerprint density at radius 2 is 1.41 bits per heavy atom. The van der Waals surface area contributed by atoms with E-state index in [1.165, 1.54) is 68.9 Å². The average Bonchev–Trinajstić information content (AvgIpc) is 2.75. The molecule has 29 heavy (non-hydrogen) atoms. The van der Waals surface area contributed by atoms with Crippen molar-refractivity contribution in [3.05, 3.63) is 70.8 Å². The predicted octanol–water partition coefficient (Wildman–Crippen LogP) is 7.96. The van der Waals surface area contributed by atoms with Gasteiger partial charge >= 0.3 is 0 Å². The highest BCUT2D eigenvalue weighted by atomic mass is 14.3. The summed E-state index contributed by atoms with van der Waals surface area (Å²) in [5.41, 5.74) is 4.93. The van der Waals surface area contributed by atoms with E-state index in [0.29, 0.717) is 0 Å². The number of benzene rings is 2. The third-order valence-corrected chi connectivity index (χ3v) is 6.83. The first kappa shape index (κ1) is 21.7. The quantitative estimate of drug-likeness (QED) is 0.334. The smallest absolute Gasteiger partial charge is 0.0249 e. The van der Waals surface area contributed by atoms with Crippen molar-refractivity contribution in [2.75, 3.05) is 0 Å². The third-order valence-electron chi connectivity index (χ3n) is 6.83. The molecule has 1 atom stereocenters. The summed E-state index contributed by atoms with van der Waals surface area (Å²) >= 11 is 0. The van der Waals surface area contributed by atoms with Crippen molar-refractivity contribution in [3.63, 3.8) is 0 Å². The van der Waals surface area contributed by atoms with E-state index < -0.39 is 0 Å². The molecular weight excluding hydrogens is 348 g/mol. The van der Waals surface area contributed by atoms with Crippen molar-refractivity contribution in [3.8, 4) is 11.8 Å². The summed E-state index contributed by atoms with van der Waals surface area (Å²) in [6, 6.07) is 17.4. The average molecular weight is 387 g/mol. The van der Waals surface area contributed by atoms with E-state index >= 15 is 0 Å². The van der Waals surface area contributed by atoms with Crippen LogP contribution in [0.2, 0.25) is 0 Å². The molecule has 1 aliphatic carbocycles. The summed E-state index contributed by atoms with van der Waals surface area (Å²) in [6.45, 7) is 6.88. The molecule has 0 amide bonds. The van der Waals surface area contributed by atoms with Crippen LogP contribution < -0.4 is 0 Å². The lowest BCUT2D eigenvalue weighted by atomic mass is 9.73. The van der Waals surface area contributed by atoms with E-state index in [4.69, 9.17) is 0 Å². The van der Waals surface area contributed by atoms with Crippen LogP contribution in [0.5, 0.6) is 0 Å². The maximum atomic E-state index is 3.30. The summed E-state index contributed by atoms with van der Waals surface area (Å²) in [5, 5.41) is 0. The fourth-order valence-corrected chi connectivity index (χ4v) is 4.77. The van der Waals surface area contributed by atoms with Crippen LogP contribution in [-0.2, 0) is 6.42 Å². The fourth-order valence-electron chi connectivity index (χ4n) is 4.77. The van der Waals surface area contributed by atoms with Crippen LogP contribution in [0.4, 0.5) is 0 Å². The van der Waals surface area contributed by atoms with E-state index in [0.717, 1.165) is 28.9 Å². The summed E-state index contributed by atoms with van der Waals surface area (Å²) in [6.07, 6.45) is 12.7. The molecule has 2 aromatic rings. The standard InChI is InChI=1S/C29H38/c1-4-5-6-7-25-18-20-29(21-19-25)24(3)22-28-16-14-27(15-17-28)13-12-26-10-8-23(2)9-11-26/h8-11,14-17,24-25,29H,4-7,18-22H2,1-3H3. The minimum Gasteiger partial charge on any atom is -0.0654 e. The number of hydrogen-bond donors (Lipinski definition) is 0. The molecule has 1 unspecified atom stereocenters. The second-order valence-corrected chi connectivity index (χ2v) is 9.27. The van der Waals surface area contributed by atoms with Gasteiger partial charge in [-0.25, -0.2) is 0 Å². The van der Waals surface area contributed by atoms with Crippen LogP contribution in [-0.4, -0.2) is 0 Å². The number of hydrogen-bond acceptors (Lipinski definition) is 0. The van der Waals surface area contributed by atoms with E-state index in [-0.39, 0.29) is 0 Å². The SMILES string of the molecule is CCCCCC1CCC(C(C)Cc2ccc(C#Cc3ccc(C)cc3)cc2)CC1. The number of aryl methyl sites for hydroxylation is 1. The van der Waals surface area contributed by atoms with Crippen LogP contribution >= 0.6 is 0 Å². The Labute approximate surface area is 179 Å². The summed E-state index contributed by atoms with van der Waals surface area (Å²) < 4.78 is 0. The number of rotatable bonds is 7. The van der Waals surface area contributed by atoms with Gasteiger partial charge in [0.2, 0.25) is 0 Å². The van der Waals surface area contributed by atoms with Gasteiger partial charge in [-0.15, -0.1) is 0 Å². The lowest BCUT2D eigenvalue weighted by Gasteiger charge is -2.32. The van der Waals surface area contributed by atoms with Crippen molar-refractivity contribution in [1.29, 1.82) is 0 Å². The van der Waals surface area contributed by atoms with Gasteiger partial charge in [0.1, 0.15) is 0 Å². The van der Waals surface area contributed by atoms with Crippen molar-refractivity contribution in [2.24, 2.45) is 17.8 Å². The van der Waals surface area contributed by atoms with E-state index in [1.807, 2.05) is 0 Å². The van der Waals surface area contributed by atoms with E-state index in [1.54, 1.807) is 0 Å². The van der Waals surface area contributed by atoms with Gasteiger partial charge in [0.25, 0.3) is 0 Å². The Morgan fingerprint density at radius 1 is 0.828 bits per heavy atom. The zero-order valence-corrected chi connectivity index (χ0v) is 18.7. The van der Waals surface area contributed by atoms with Crippen LogP contribution in [0.3, 0.4) is 0 Å². The Balaban J connectivity index is 1.47. The van der Waals surface area contributed by atoms with Crippen molar-refractivity contribution < 1.29 is 0 Å². The lowest BCUT2D eigenvalue weighted by molar-refractivity contribution is 0.204. The lowest BCUT2D eigenvalue weighted by Crippen LogP contribution is -2.21. The monoisotopic (exact) mass is 386 g/mol. The normalized spacial score (nSPS) is 20.0. The van der Waals surface area contributed by atoms with Gasteiger partial charge in [0.15, 0.2) is 0 Å². The molecule has 0 heteroatoms.